The Balaban J connectivity index is 2.16. The summed E-state index contributed by atoms with van der Waals surface area (Å²) >= 11 is 12.3. The van der Waals surface area contributed by atoms with Crippen molar-refractivity contribution < 1.29 is 0 Å². The van der Waals surface area contributed by atoms with E-state index in [1.165, 1.54) is 0 Å². The number of nitrogens with two attached hydrogens (primary N) is 1. The van der Waals surface area contributed by atoms with E-state index in [9.17, 15) is 0 Å². The van der Waals surface area contributed by atoms with Crippen LogP contribution in [0.4, 0.5) is 5.69 Å². The molecule has 2 nitrogen and oxygen atoms in total. The number of benzene rings is 2. The predicted molar refractivity (Wildman–Crippen MR) is 91.7 cm³/mol. The molecule has 0 aromatic heterocycles. The molecule has 2 N–H and O–H groups in total. The van der Waals surface area contributed by atoms with Gasteiger partial charge in [-0.15, -0.1) is 0 Å². The molecule has 2 aromatic carbocycles. The Morgan fingerprint density at radius 2 is 1.71 bits per heavy atom. The van der Waals surface area contributed by atoms with Crippen molar-refractivity contribution in [1.82, 2.24) is 4.90 Å². The molecule has 0 bridgehead atoms. The van der Waals surface area contributed by atoms with Crippen molar-refractivity contribution in [3.05, 3.63) is 63.6 Å². The molecule has 0 atom stereocenters. The van der Waals surface area contributed by atoms with Crippen LogP contribution in [0.1, 0.15) is 24.5 Å². The van der Waals surface area contributed by atoms with E-state index in [0.29, 0.717) is 5.02 Å². The molecule has 2 aromatic rings. The maximum Gasteiger partial charge on any atom is 0.0452 e. The molecule has 0 saturated heterocycles. The standard InChI is InChI=1S/C17H20Cl2N2/c1-2-9-21(11-13-5-3-4-6-17(13)20)12-14-10-15(18)7-8-16(14)19/h3-8,10H,2,9,11-12,20H2,1H3. The van der Waals surface area contributed by atoms with E-state index >= 15 is 0 Å². The molecule has 21 heavy (non-hydrogen) atoms. The van der Waals surface area contributed by atoms with Crippen LogP contribution >= 0.6 is 23.2 Å². The molecule has 0 saturated carbocycles. The summed E-state index contributed by atoms with van der Waals surface area (Å²) in [5.41, 5.74) is 9.06. The number of anilines is 1. The highest BCUT2D eigenvalue weighted by Gasteiger charge is 2.10. The van der Waals surface area contributed by atoms with Gasteiger partial charge in [0.2, 0.25) is 0 Å². The smallest absolute Gasteiger partial charge is 0.0452 e. The molecule has 0 heterocycles. The van der Waals surface area contributed by atoms with Crippen LogP contribution in [-0.2, 0) is 13.1 Å². The van der Waals surface area contributed by atoms with E-state index in [1.807, 2.05) is 36.4 Å². The number of nitrogen functional groups attached to an aromatic ring is 1. The molecule has 0 aliphatic heterocycles. The molecular formula is C17H20Cl2N2. The van der Waals surface area contributed by atoms with Gasteiger partial charge < -0.3 is 5.73 Å². The van der Waals surface area contributed by atoms with Crippen molar-refractivity contribution in [2.24, 2.45) is 0 Å². The van der Waals surface area contributed by atoms with Gasteiger partial charge in [0, 0.05) is 28.8 Å². The Labute approximate surface area is 136 Å². The van der Waals surface area contributed by atoms with Gasteiger partial charge in [-0.05, 0) is 48.4 Å². The summed E-state index contributed by atoms with van der Waals surface area (Å²) in [6, 6.07) is 13.6. The number of nitrogens with zero attached hydrogens (tertiary/aromatic N) is 1. The lowest BCUT2D eigenvalue weighted by molar-refractivity contribution is 0.258. The third-order valence-electron chi connectivity index (χ3n) is 3.39. The normalized spacial score (nSPS) is 11.0. The fourth-order valence-electron chi connectivity index (χ4n) is 2.35. The van der Waals surface area contributed by atoms with Gasteiger partial charge in [0.05, 0.1) is 0 Å². The fourth-order valence-corrected chi connectivity index (χ4v) is 2.73. The third kappa shape index (κ3) is 4.63. The van der Waals surface area contributed by atoms with E-state index in [2.05, 4.69) is 17.9 Å². The Morgan fingerprint density at radius 1 is 1.00 bits per heavy atom. The fraction of sp³-hybridized carbons (Fsp3) is 0.294. The highest BCUT2D eigenvalue weighted by Crippen LogP contribution is 2.23. The quantitative estimate of drug-likeness (QED) is 0.759. The topological polar surface area (TPSA) is 29.3 Å². The van der Waals surface area contributed by atoms with Crippen LogP contribution in [0.25, 0.3) is 0 Å². The van der Waals surface area contributed by atoms with E-state index in [4.69, 9.17) is 28.9 Å². The van der Waals surface area contributed by atoms with Crippen LogP contribution in [0.2, 0.25) is 10.0 Å². The zero-order valence-corrected chi connectivity index (χ0v) is 13.7. The Bertz CT molecular complexity index is 599. The van der Waals surface area contributed by atoms with Crippen molar-refractivity contribution in [2.75, 3.05) is 12.3 Å². The lowest BCUT2D eigenvalue weighted by atomic mass is 10.1. The average Bonchev–Trinajstić information content (AvgIpc) is 2.45. The second kappa shape index (κ2) is 7.69. The molecule has 0 aliphatic carbocycles. The maximum atomic E-state index is 6.26. The molecule has 0 amide bonds. The maximum absolute atomic E-state index is 6.26. The summed E-state index contributed by atoms with van der Waals surface area (Å²) < 4.78 is 0. The van der Waals surface area contributed by atoms with Gasteiger partial charge in [0.1, 0.15) is 0 Å². The summed E-state index contributed by atoms with van der Waals surface area (Å²) in [5, 5.41) is 1.46. The van der Waals surface area contributed by atoms with Crippen LogP contribution in [0.3, 0.4) is 0 Å². The van der Waals surface area contributed by atoms with Gasteiger partial charge in [-0.1, -0.05) is 48.3 Å². The number of rotatable bonds is 6. The Kier molecular flexibility index (Phi) is 5.92. The summed E-state index contributed by atoms with van der Waals surface area (Å²) in [5.74, 6) is 0. The summed E-state index contributed by atoms with van der Waals surface area (Å²) in [7, 11) is 0. The minimum absolute atomic E-state index is 0.713. The minimum Gasteiger partial charge on any atom is -0.398 e. The Morgan fingerprint density at radius 3 is 2.43 bits per heavy atom. The summed E-state index contributed by atoms with van der Waals surface area (Å²) in [4.78, 5) is 2.34. The van der Waals surface area contributed by atoms with Gasteiger partial charge in [-0.2, -0.15) is 0 Å². The van der Waals surface area contributed by atoms with Gasteiger partial charge >= 0.3 is 0 Å². The summed E-state index contributed by atoms with van der Waals surface area (Å²) in [6.45, 7) is 4.73. The molecule has 0 unspecified atom stereocenters. The van der Waals surface area contributed by atoms with Crippen LogP contribution in [0, 0.1) is 0 Å². The predicted octanol–water partition coefficient (Wildman–Crippen LogP) is 4.99. The number of halogens is 2. The SMILES string of the molecule is CCCN(Cc1ccccc1N)Cc1cc(Cl)ccc1Cl. The van der Waals surface area contributed by atoms with E-state index in [0.717, 1.165) is 47.9 Å². The molecule has 4 heteroatoms. The second-order valence-corrected chi connectivity index (χ2v) is 5.99. The van der Waals surface area contributed by atoms with Crippen molar-refractivity contribution in [3.63, 3.8) is 0 Å². The second-order valence-electron chi connectivity index (χ2n) is 5.15. The first-order chi connectivity index (χ1) is 10.1. The van der Waals surface area contributed by atoms with Gasteiger partial charge in [-0.25, -0.2) is 0 Å². The van der Waals surface area contributed by atoms with E-state index < -0.39 is 0 Å². The molecule has 0 fully saturated rings. The first kappa shape index (κ1) is 16.2. The summed E-state index contributed by atoms with van der Waals surface area (Å²) in [6.07, 6.45) is 1.07. The largest absolute Gasteiger partial charge is 0.398 e. The first-order valence-corrected chi connectivity index (χ1v) is 7.85. The Hall–Kier alpha value is -1.22. The van der Waals surface area contributed by atoms with Gasteiger partial charge in [-0.3, -0.25) is 4.90 Å². The molecule has 112 valence electrons. The van der Waals surface area contributed by atoms with Gasteiger partial charge in [0.25, 0.3) is 0 Å². The molecular weight excluding hydrogens is 303 g/mol. The lowest BCUT2D eigenvalue weighted by Crippen LogP contribution is -2.24. The molecule has 2 rings (SSSR count). The molecule has 0 aliphatic rings. The van der Waals surface area contributed by atoms with Crippen molar-refractivity contribution in [1.29, 1.82) is 0 Å². The zero-order valence-electron chi connectivity index (χ0n) is 12.2. The van der Waals surface area contributed by atoms with Crippen LogP contribution in [0.5, 0.6) is 0 Å². The van der Waals surface area contributed by atoms with Gasteiger partial charge in [0.15, 0.2) is 0 Å². The first-order valence-electron chi connectivity index (χ1n) is 7.09. The highest BCUT2D eigenvalue weighted by molar-refractivity contribution is 6.33. The molecule has 0 spiro atoms. The minimum atomic E-state index is 0.713. The van der Waals surface area contributed by atoms with Crippen LogP contribution in [-0.4, -0.2) is 11.4 Å². The third-order valence-corrected chi connectivity index (χ3v) is 3.99. The zero-order chi connectivity index (χ0) is 15.2. The van der Waals surface area contributed by atoms with Crippen molar-refractivity contribution in [3.8, 4) is 0 Å². The highest BCUT2D eigenvalue weighted by atomic mass is 35.5. The van der Waals surface area contributed by atoms with Crippen LogP contribution < -0.4 is 5.73 Å². The number of para-hydroxylation sites is 1. The lowest BCUT2D eigenvalue weighted by Gasteiger charge is -2.23. The average molecular weight is 323 g/mol. The van der Waals surface area contributed by atoms with Crippen molar-refractivity contribution in [2.45, 2.75) is 26.4 Å². The van der Waals surface area contributed by atoms with Crippen molar-refractivity contribution >= 4 is 28.9 Å². The van der Waals surface area contributed by atoms with E-state index in [1.54, 1.807) is 0 Å². The van der Waals surface area contributed by atoms with E-state index in [-0.39, 0.29) is 0 Å². The molecule has 0 radical (unpaired) electrons. The van der Waals surface area contributed by atoms with Crippen LogP contribution in [0.15, 0.2) is 42.5 Å². The number of hydrogen-bond acceptors (Lipinski definition) is 2. The number of hydrogen-bond donors (Lipinski definition) is 1. The monoisotopic (exact) mass is 322 g/mol.